The van der Waals surface area contributed by atoms with Crippen LogP contribution in [0.25, 0.3) is 0 Å². The minimum atomic E-state index is -0.250. The van der Waals surface area contributed by atoms with Gasteiger partial charge in [-0.1, -0.05) is 61.1 Å². The van der Waals surface area contributed by atoms with Gasteiger partial charge < -0.3 is 5.11 Å². The van der Waals surface area contributed by atoms with Crippen molar-refractivity contribution in [2.24, 2.45) is 0 Å². The summed E-state index contributed by atoms with van der Waals surface area (Å²) < 4.78 is 1.28. The number of rotatable bonds is 0. The minimum absolute atomic E-state index is 0.250. The quantitative estimate of drug-likeness (QED) is 0.218. The Morgan fingerprint density at radius 2 is 0.625 bits per heavy atom. The van der Waals surface area contributed by atoms with E-state index in [1.165, 1.54) is 4.70 Å². The fourth-order valence-corrected chi connectivity index (χ4v) is 0. The lowest BCUT2D eigenvalue weighted by Gasteiger charge is -1.34. The second kappa shape index (κ2) is 168. The molecule has 0 unspecified atom stereocenters. The molecule has 0 rings (SSSR count). The normalized spacial score (nSPS) is 4.29. The van der Waals surface area contributed by atoms with Crippen LogP contribution in [0.4, 0.5) is 0 Å². The van der Waals surface area contributed by atoms with Gasteiger partial charge in [0.15, 0.2) is 11.2 Å². The molecule has 1 N–H and O–H groups in total. The molecule has 0 bridgehead atoms. The highest BCUT2D eigenvalue weighted by atomic mass is 32.1. The second-order valence-corrected chi connectivity index (χ2v) is 4.51. The van der Waals surface area contributed by atoms with E-state index in [1.54, 1.807) is 21.5 Å². The number of hydrogen-bond acceptors (Lipinski definition) is 8. The highest BCUT2D eigenvalue weighted by molar-refractivity contribution is 8.08. The summed E-state index contributed by atoms with van der Waals surface area (Å²) in [6.07, 6.45) is 0. The molecule has 0 heterocycles. The van der Waals surface area contributed by atoms with Crippen LogP contribution in [-0.4, -0.2) is 49.0 Å². The lowest BCUT2D eigenvalue weighted by molar-refractivity contribution is -0.122. The van der Waals surface area contributed by atoms with E-state index < -0.39 is 0 Å². The van der Waals surface area contributed by atoms with Crippen molar-refractivity contribution in [2.75, 3.05) is 0 Å². The molecule has 4 nitrogen and oxygen atoms in total. The Bertz CT molecular complexity index is 167. The van der Waals surface area contributed by atoms with Crippen molar-refractivity contribution in [2.45, 2.75) is 27.7 Å². The lowest BCUT2D eigenvalue weighted by Crippen LogP contribution is -1.49. The van der Waals surface area contributed by atoms with Gasteiger partial charge in [0.2, 0.25) is 0 Å². The molecule has 0 saturated heterocycles. The number of carboxylic acid groups (broad SMARTS) is 1. The van der Waals surface area contributed by atoms with E-state index in [0.29, 0.717) is 11.2 Å². The highest BCUT2D eigenvalue weighted by Crippen LogP contribution is 1.50. The van der Waals surface area contributed by atoms with Crippen LogP contribution in [-0.2, 0) is 14.4 Å². The van der Waals surface area contributed by atoms with Crippen molar-refractivity contribution in [3.63, 3.8) is 0 Å². The maximum atomic E-state index is 8.67. The molecule has 0 aliphatic heterocycles. The molecule has 0 fully saturated rings. The first-order valence-corrected chi connectivity index (χ1v) is 9.13. The molecule has 0 radical (unpaired) electrons. The highest BCUT2D eigenvalue weighted by Gasteiger charge is 1.25. The molecule has 0 saturated carbocycles. The van der Waals surface area contributed by atoms with Crippen molar-refractivity contribution in [3.05, 3.63) is 0 Å². The predicted molar refractivity (Wildman–Crippen MR) is 140 cm³/mol. The molecule has 12 heteroatoms. The van der Waals surface area contributed by atoms with Crippen molar-refractivity contribution in [3.8, 4) is 0 Å². The number of thiol groups is 3. The third-order valence-corrected chi connectivity index (χ3v) is 0. The van der Waals surface area contributed by atoms with Crippen LogP contribution >= 0.6 is 99.0 Å². The Balaban J connectivity index is -0.0000000203. The van der Waals surface area contributed by atoms with Gasteiger partial charge in [-0.15, -0.1) is 37.9 Å². The van der Waals surface area contributed by atoms with Gasteiger partial charge >= 0.3 is 0 Å². The number of carbonyl (C=O) groups excluding carboxylic acids is 2. The Morgan fingerprint density at radius 1 is 0.625 bits per heavy atom. The first kappa shape index (κ1) is 49.7. The molecular formula is C12H24O4S8. The van der Waals surface area contributed by atoms with Crippen molar-refractivity contribution >= 4 is 143 Å². The summed E-state index contributed by atoms with van der Waals surface area (Å²) in [5, 5.41) is 13.2. The van der Waals surface area contributed by atoms with Crippen molar-refractivity contribution in [1.29, 1.82) is 0 Å². The maximum absolute atomic E-state index is 8.67. The molecule has 0 aromatic heterocycles. The second-order valence-electron chi connectivity index (χ2n) is 1.36. The van der Waals surface area contributed by atoms with E-state index >= 15 is 0 Å². The van der Waals surface area contributed by atoms with Gasteiger partial charge in [-0.3, -0.25) is 14.4 Å². The monoisotopic (exact) mass is 488 g/mol. The lowest BCUT2D eigenvalue weighted by atomic mass is 11.0. The van der Waals surface area contributed by atoms with Crippen LogP contribution in [0, 0.1) is 0 Å². The van der Waals surface area contributed by atoms with Gasteiger partial charge in [-0.05, 0) is 49.2 Å². The Kier molecular flexibility index (Phi) is 348. The molecule has 0 aromatic carbocycles. The van der Waals surface area contributed by atoms with E-state index in [2.05, 4.69) is 99.0 Å². The van der Waals surface area contributed by atoms with Gasteiger partial charge in [0.1, 0.15) is 0 Å². The largest absolute Gasteiger partial charge is 0.483 e. The van der Waals surface area contributed by atoms with Crippen molar-refractivity contribution < 1.29 is 19.5 Å². The third kappa shape index (κ3) is 105000. The first-order valence-electron chi connectivity index (χ1n) is 5.23. The Hall–Kier alpha value is 0.310. The first-order chi connectivity index (χ1) is 11.3. The van der Waals surface area contributed by atoms with Gasteiger partial charge in [0, 0.05) is 4.70 Å². The maximum Gasteiger partial charge on any atom is 0.290 e. The fourth-order valence-electron chi connectivity index (χ4n) is 0. The topological polar surface area (TPSA) is 71.4 Å². The van der Waals surface area contributed by atoms with Gasteiger partial charge in [0.05, 0.1) is 0 Å². The van der Waals surface area contributed by atoms with Crippen LogP contribution in [0.2, 0.25) is 0 Å². The Labute approximate surface area is 188 Å². The standard InChI is InChI=1S/4C2H4S.CH2O2.2CH2OS.CH2S2/c4*1-2-3;4*2-1-3/h4*2H,1H3;4*1H,(H,2,3). The fraction of sp³-hybridized carbons (Fsp3) is 0.333. The minimum Gasteiger partial charge on any atom is -0.483 e. The summed E-state index contributed by atoms with van der Waals surface area (Å²) in [6, 6.07) is 0. The average Bonchev–Trinajstić information content (AvgIpc) is 2.45. The zero-order valence-electron chi connectivity index (χ0n) is 13.7. The molecule has 24 heavy (non-hydrogen) atoms. The van der Waals surface area contributed by atoms with Crippen LogP contribution in [0.1, 0.15) is 27.7 Å². The summed E-state index contributed by atoms with van der Waals surface area (Å²) in [5.74, 6) is 0. The summed E-state index contributed by atoms with van der Waals surface area (Å²) >= 11 is 30.9. The zero-order valence-corrected chi connectivity index (χ0v) is 20.4. The zero-order chi connectivity index (χ0) is 21.7. The van der Waals surface area contributed by atoms with E-state index in [4.69, 9.17) is 19.5 Å². The molecule has 0 spiro atoms. The number of thiocarbonyl (C=S) groups is 5. The molecule has 0 aliphatic carbocycles. The molecule has 0 amide bonds. The van der Waals surface area contributed by atoms with Gasteiger partial charge in [0.25, 0.3) is 6.47 Å². The molecule has 144 valence electrons. The SMILES string of the molecule is CC=S.CC=S.CC=S.CC=S.O=CO.O=CS.O=CS.S=CS. The third-order valence-electron chi connectivity index (χ3n) is 0. The van der Waals surface area contributed by atoms with E-state index in [0.717, 1.165) is 0 Å². The predicted octanol–water partition coefficient (Wildman–Crippen LogP) is 4.81. The summed E-state index contributed by atoms with van der Waals surface area (Å²) in [5.41, 5.74) is 0.889. The van der Waals surface area contributed by atoms with E-state index in [1.807, 2.05) is 27.7 Å². The summed E-state index contributed by atoms with van der Waals surface area (Å²) in [6.45, 7) is 7.01. The molecular weight excluding hydrogens is 465 g/mol. The molecule has 0 aliphatic rings. The molecule has 0 atom stereocenters. The summed E-state index contributed by atoms with van der Waals surface area (Å²) in [4.78, 5) is 25.7. The van der Waals surface area contributed by atoms with Crippen molar-refractivity contribution in [1.82, 2.24) is 0 Å². The van der Waals surface area contributed by atoms with E-state index in [9.17, 15) is 0 Å². The number of carbonyl (C=O) groups is 3. The van der Waals surface area contributed by atoms with Crippen LogP contribution < -0.4 is 0 Å². The van der Waals surface area contributed by atoms with E-state index in [-0.39, 0.29) is 6.47 Å². The van der Waals surface area contributed by atoms with Gasteiger partial charge in [-0.2, -0.15) is 0 Å². The average molecular weight is 489 g/mol. The van der Waals surface area contributed by atoms with Crippen LogP contribution in [0.3, 0.4) is 0 Å². The van der Waals surface area contributed by atoms with Crippen LogP contribution in [0.5, 0.6) is 0 Å². The smallest absolute Gasteiger partial charge is 0.290 e. The van der Waals surface area contributed by atoms with Gasteiger partial charge in [-0.25, -0.2) is 0 Å². The number of hydrogen-bond donors (Lipinski definition) is 4. The summed E-state index contributed by atoms with van der Waals surface area (Å²) in [7, 11) is 0. The molecule has 0 aromatic rings. The Morgan fingerprint density at radius 3 is 0.625 bits per heavy atom. The van der Waals surface area contributed by atoms with Crippen LogP contribution in [0.15, 0.2) is 0 Å².